The normalized spacial score (nSPS) is 19.5. The summed E-state index contributed by atoms with van der Waals surface area (Å²) in [4.78, 5) is 27.2. The molecule has 0 aromatic heterocycles. The molecular formula is C23H26N2O3. The summed E-state index contributed by atoms with van der Waals surface area (Å²) in [5.41, 5.74) is 5.30. The van der Waals surface area contributed by atoms with Crippen LogP contribution < -0.4 is 0 Å². The van der Waals surface area contributed by atoms with Crippen molar-refractivity contribution in [1.29, 1.82) is 0 Å². The van der Waals surface area contributed by atoms with Crippen molar-refractivity contribution >= 4 is 11.9 Å². The number of carbonyl (C=O) groups excluding carboxylic acids is 1. The SMILES string of the molecule is CC(=O)N(CC(=O)O)C1CCCN(C2c3ccccc3-c3ccccc32)CC1. The van der Waals surface area contributed by atoms with Crippen LogP contribution in [0.15, 0.2) is 48.5 Å². The Labute approximate surface area is 165 Å². The van der Waals surface area contributed by atoms with E-state index < -0.39 is 5.97 Å². The van der Waals surface area contributed by atoms with Crippen molar-refractivity contribution in [2.24, 2.45) is 0 Å². The van der Waals surface area contributed by atoms with Gasteiger partial charge in [0.05, 0.1) is 6.04 Å². The van der Waals surface area contributed by atoms with Crippen molar-refractivity contribution in [2.45, 2.75) is 38.3 Å². The molecule has 1 heterocycles. The van der Waals surface area contributed by atoms with Gasteiger partial charge in [0.1, 0.15) is 6.54 Å². The van der Waals surface area contributed by atoms with Gasteiger partial charge < -0.3 is 10.0 Å². The van der Waals surface area contributed by atoms with E-state index in [0.29, 0.717) is 0 Å². The Morgan fingerprint density at radius 2 is 1.61 bits per heavy atom. The van der Waals surface area contributed by atoms with Crippen LogP contribution >= 0.6 is 0 Å². The maximum atomic E-state index is 12.0. The van der Waals surface area contributed by atoms with E-state index in [1.165, 1.54) is 34.1 Å². The predicted octanol–water partition coefficient (Wildman–Crippen LogP) is 3.54. The second kappa shape index (κ2) is 7.76. The molecule has 4 rings (SSSR count). The Hall–Kier alpha value is -2.66. The highest BCUT2D eigenvalue weighted by Gasteiger charge is 2.34. The van der Waals surface area contributed by atoms with Gasteiger partial charge in [-0.2, -0.15) is 0 Å². The van der Waals surface area contributed by atoms with Crippen molar-refractivity contribution in [3.63, 3.8) is 0 Å². The van der Waals surface area contributed by atoms with Crippen LogP contribution in [0.5, 0.6) is 0 Å². The van der Waals surface area contributed by atoms with E-state index in [1.807, 2.05) is 0 Å². The summed E-state index contributed by atoms with van der Waals surface area (Å²) in [7, 11) is 0. The zero-order valence-electron chi connectivity index (χ0n) is 16.2. The summed E-state index contributed by atoms with van der Waals surface area (Å²) in [5.74, 6) is -1.10. The van der Waals surface area contributed by atoms with Crippen LogP contribution in [0.3, 0.4) is 0 Å². The number of carbonyl (C=O) groups is 2. The maximum absolute atomic E-state index is 12.0. The minimum absolute atomic E-state index is 0.00881. The third-order valence-electron chi connectivity index (χ3n) is 6.05. The lowest BCUT2D eigenvalue weighted by Gasteiger charge is -2.31. The molecule has 1 fully saturated rings. The molecule has 1 aliphatic heterocycles. The lowest BCUT2D eigenvalue weighted by Crippen LogP contribution is -2.42. The number of hydrogen-bond acceptors (Lipinski definition) is 3. The van der Waals surface area contributed by atoms with Crippen molar-refractivity contribution in [3.8, 4) is 11.1 Å². The van der Waals surface area contributed by atoms with E-state index in [9.17, 15) is 14.7 Å². The standard InChI is InChI=1S/C23H26N2O3/c1-16(26)25(15-22(27)28)17-7-6-13-24(14-12-17)23-20-10-4-2-8-18(20)19-9-3-5-11-21(19)23/h2-5,8-11,17,23H,6-7,12-15H2,1H3,(H,27,28). The molecule has 0 spiro atoms. The van der Waals surface area contributed by atoms with E-state index >= 15 is 0 Å². The monoisotopic (exact) mass is 378 g/mol. The third-order valence-corrected chi connectivity index (χ3v) is 6.05. The molecule has 5 heteroatoms. The number of amides is 1. The van der Waals surface area contributed by atoms with Crippen LogP contribution in [0.4, 0.5) is 0 Å². The number of aliphatic carboxylic acids is 1. The highest BCUT2D eigenvalue weighted by atomic mass is 16.4. The van der Waals surface area contributed by atoms with E-state index in [0.717, 1.165) is 32.4 Å². The van der Waals surface area contributed by atoms with Gasteiger partial charge in [0.2, 0.25) is 5.91 Å². The van der Waals surface area contributed by atoms with Crippen molar-refractivity contribution < 1.29 is 14.7 Å². The first-order valence-corrected chi connectivity index (χ1v) is 9.97. The Bertz CT molecular complexity index is 849. The van der Waals surface area contributed by atoms with E-state index in [1.54, 1.807) is 0 Å². The number of benzene rings is 2. The van der Waals surface area contributed by atoms with E-state index in [4.69, 9.17) is 0 Å². The Morgan fingerprint density at radius 1 is 1.00 bits per heavy atom. The third kappa shape index (κ3) is 3.42. The lowest BCUT2D eigenvalue weighted by atomic mass is 10.0. The first kappa shape index (κ1) is 18.7. The summed E-state index contributed by atoms with van der Waals surface area (Å²) in [6.45, 7) is 3.05. The molecule has 2 aromatic rings. The number of hydrogen-bond donors (Lipinski definition) is 1. The van der Waals surface area contributed by atoms with Crippen molar-refractivity contribution in [3.05, 3.63) is 59.7 Å². The summed E-state index contributed by atoms with van der Waals surface area (Å²) in [5, 5.41) is 9.17. The van der Waals surface area contributed by atoms with Gasteiger partial charge in [0, 0.05) is 19.5 Å². The molecule has 0 saturated carbocycles. The van der Waals surface area contributed by atoms with Gasteiger partial charge in [-0.1, -0.05) is 48.5 Å². The number of rotatable bonds is 4. The zero-order chi connectivity index (χ0) is 19.7. The van der Waals surface area contributed by atoms with Crippen LogP contribution in [0.25, 0.3) is 11.1 Å². The fraction of sp³-hybridized carbons (Fsp3) is 0.391. The number of carboxylic acids is 1. The molecule has 0 bridgehead atoms. The van der Waals surface area contributed by atoms with Gasteiger partial charge >= 0.3 is 5.97 Å². The molecule has 1 unspecified atom stereocenters. The number of likely N-dealkylation sites (tertiary alicyclic amines) is 1. The van der Waals surface area contributed by atoms with Crippen LogP contribution in [0, 0.1) is 0 Å². The summed E-state index contributed by atoms with van der Waals surface area (Å²) >= 11 is 0. The van der Waals surface area contributed by atoms with E-state index in [2.05, 4.69) is 53.4 Å². The molecule has 2 aliphatic rings. The van der Waals surface area contributed by atoms with Gasteiger partial charge in [-0.3, -0.25) is 14.5 Å². The summed E-state index contributed by atoms with van der Waals surface area (Å²) < 4.78 is 0. The van der Waals surface area contributed by atoms with Gasteiger partial charge in [-0.25, -0.2) is 0 Å². The molecular weight excluding hydrogens is 352 g/mol. The topological polar surface area (TPSA) is 60.9 Å². The molecule has 1 aliphatic carbocycles. The number of fused-ring (bicyclic) bond motifs is 3. The second-order valence-corrected chi connectivity index (χ2v) is 7.74. The smallest absolute Gasteiger partial charge is 0.323 e. The van der Waals surface area contributed by atoms with Crippen LogP contribution in [-0.2, 0) is 9.59 Å². The fourth-order valence-electron chi connectivity index (χ4n) is 4.84. The number of carboxylic acid groups (broad SMARTS) is 1. The largest absolute Gasteiger partial charge is 0.480 e. The quantitative estimate of drug-likeness (QED) is 0.884. The number of nitrogens with zero attached hydrogens (tertiary/aromatic N) is 2. The minimum atomic E-state index is -0.949. The highest BCUT2D eigenvalue weighted by molar-refractivity contribution is 5.80. The minimum Gasteiger partial charge on any atom is -0.480 e. The Kier molecular flexibility index (Phi) is 5.18. The van der Waals surface area contributed by atoms with Crippen LogP contribution in [-0.4, -0.2) is 52.5 Å². The predicted molar refractivity (Wildman–Crippen MR) is 108 cm³/mol. The molecule has 1 saturated heterocycles. The summed E-state index contributed by atoms with van der Waals surface area (Å²) in [6, 6.07) is 17.4. The van der Waals surface area contributed by atoms with Crippen molar-refractivity contribution in [1.82, 2.24) is 9.80 Å². The fourth-order valence-corrected chi connectivity index (χ4v) is 4.84. The zero-order valence-corrected chi connectivity index (χ0v) is 16.2. The molecule has 28 heavy (non-hydrogen) atoms. The summed E-state index contributed by atoms with van der Waals surface area (Å²) in [6.07, 6.45) is 2.60. The Morgan fingerprint density at radius 3 is 2.18 bits per heavy atom. The second-order valence-electron chi connectivity index (χ2n) is 7.74. The molecule has 1 N–H and O–H groups in total. The first-order valence-electron chi connectivity index (χ1n) is 9.97. The van der Waals surface area contributed by atoms with Crippen molar-refractivity contribution in [2.75, 3.05) is 19.6 Å². The molecule has 5 nitrogen and oxygen atoms in total. The van der Waals surface area contributed by atoms with Gasteiger partial charge in [0.15, 0.2) is 0 Å². The molecule has 1 atom stereocenters. The lowest BCUT2D eigenvalue weighted by molar-refractivity contribution is -0.145. The first-order chi connectivity index (χ1) is 13.6. The van der Waals surface area contributed by atoms with Gasteiger partial charge in [-0.15, -0.1) is 0 Å². The molecule has 0 radical (unpaired) electrons. The average molecular weight is 378 g/mol. The van der Waals surface area contributed by atoms with Gasteiger partial charge in [-0.05, 0) is 48.1 Å². The van der Waals surface area contributed by atoms with Crippen LogP contribution in [0.1, 0.15) is 43.4 Å². The maximum Gasteiger partial charge on any atom is 0.323 e. The molecule has 2 aromatic carbocycles. The molecule has 146 valence electrons. The van der Waals surface area contributed by atoms with Gasteiger partial charge in [0.25, 0.3) is 0 Å². The van der Waals surface area contributed by atoms with Crippen LogP contribution in [0.2, 0.25) is 0 Å². The highest BCUT2D eigenvalue weighted by Crippen LogP contribution is 2.46. The Balaban J connectivity index is 1.58. The molecule has 1 amide bonds. The van der Waals surface area contributed by atoms with E-state index in [-0.39, 0.29) is 24.5 Å². The average Bonchev–Trinajstić information content (AvgIpc) is 2.83.